The predicted molar refractivity (Wildman–Crippen MR) is 42.7 cm³/mol. The van der Waals surface area contributed by atoms with E-state index in [0.717, 1.165) is 5.92 Å². The minimum atomic E-state index is 0.569. The predicted octanol–water partition coefficient (Wildman–Crippen LogP) is 1.91. The van der Waals surface area contributed by atoms with E-state index in [-0.39, 0.29) is 0 Å². The third-order valence-corrected chi connectivity index (χ3v) is 3.68. The largest absolute Gasteiger partial charge is 0.327 e. The van der Waals surface area contributed by atoms with Gasteiger partial charge in [0, 0.05) is 6.04 Å². The first-order valence-corrected chi connectivity index (χ1v) is 4.55. The molecule has 1 spiro atoms. The molecule has 0 saturated heterocycles. The molecule has 1 heteroatoms. The van der Waals surface area contributed by atoms with Crippen LogP contribution in [0.15, 0.2) is 0 Å². The fourth-order valence-corrected chi connectivity index (χ4v) is 2.89. The van der Waals surface area contributed by atoms with E-state index >= 15 is 0 Å². The van der Waals surface area contributed by atoms with Gasteiger partial charge in [-0.1, -0.05) is 19.8 Å². The summed E-state index contributed by atoms with van der Waals surface area (Å²) >= 11 is 0. The summed E-state index contributed by atoms with van der Waals surface area (Å²) < 4.78 is 0. The minimum absolute atomic E-state index is 0.569. The topological polar surface area (TPSA) is 26.0 Å². The first-order valence-electron chi connectivity index (χ1n) is 4.55. The Morgan fingerprint density at radius 2 is 2.30 bits per heavy atom. The van der Waals surface area contributed by atoms with Gasteiger partial charge in [0.25, 0.3) is 0 Å². The lowest BCUT2D eigenvalue weighted by molar-refractivity contribution is 0.342. The van der Waals surface area contributed by atoms with Crippen molar-refractivity contribution >= 4 is 0 Å². The summed E-state index contributed by atoms with van der Waals surface area (Å²) in [6.07, 6.45) is 6.99. The van der Waals surface area contributed by atoms with Crippen LogP contribution in [0.5, 0.6) is 0 Å². The van der Waals surface area contributed by atoms with Crippen LogP contribution in [0.25, 0.3) is 0 Å². The molecular weight excluding hydrogens is 122 g/mol. The Morgan fingerprint density at radius 1 is 1.60 bits per heavy atom. The second kappa shape index (κ2) is 1.97. The number of rotatable bonds is 1. The van der Waals surface area contributed by atoms with E-state index in [1.165, 1.54) is 32.1 Å². The second-order valence-electron chi connectivity index (χ2n) is 4.04. The number of hydrogen-bond donors (Lipinski definition) is 1. The van der Waals surface area contributed by atoms with Gasteiger partial charge >= 0.3 is 0 Å². The standard InChI is InChI=1S/C9H17N/c1-2-7-4-3-5-9(7)6-8(9)10/h7-8H,2-6,10H2,1H3. The highest BCUT2D eigenvalue weighted by molar-refractivity contribution is 5.11. The molecular formula is C9H17N. The molecule has 0 bridgehead atoms. The molecule has 0 heterocycles. The van der Waals surface area contributed by atoms with Gasteiger partial charge in [0.05, 0.1) is 0 Å². The Balaban J connectivity index is 2.08. The van der Waals surface area contributed by atoms with Crippen molar-refractivity contribution in [2.45, 2.75) is 45.1 Å². The summed E-state index contributed by atoms with van der Waals surface area (Å²) in [4.78, 5) is 0. The van der Waals surface area contributed by atoms with Gasteiger partial charge in [-0.25, -0.2) is 0 Å². The van der Waals surface area contributed by atoms with Crippen molar-refractivity contribution in [3.8, 4) is 0 Å². The number of hydrogen-bond acceptors (Lipinski definition) is 1. The van der Waals surface area contributed by atoms with Gasteiger partial charge in [-0.3, -0.25) is 0 Å². The molecule has 2 aliphatic carbocycles. The van der Waals surface area contributed by atoms with Gasteiger partial charge < -0.3 is 5.73 Å². The van der Waals surface area contributed by atoms with Crippen LogP contribution in [0.2, 0.25) is 0 Å². The highest BCUT2D eigenvalue weighted by Gasteiger charge is 2.57. The van der Waals surface area contributed by atoms with Crippen LogP contribution in [0.3, 0.4) is 0 Å². The smallest absolute Gasteiger partial charge is 0.0105 e. The molecule has 3 unspecified atom stereocenters. The quantitative estimate of drug-likeness (QED) is 0.590. The molecule has 2 N–H and O–H groups in total. The zero-order chi connectivity index (χ0) is 7.19. The molecule has 2 aliphatic rings. The van der Waals surface area contributed by atoms with E-state index in [1.54, 1.807) is 0 Å². The Morgan fingerprint density at radius 3 is 2.70 bits per heavy atom. The average Bonchev–Trinajstić information content (AvgIpc) is 2.45. The highest BCUT2D eigenvalue weighted by atomic mass is 14.8. The van der Waals surface area contributed by atoms with Crippen LogP contribution in [0.4, 0.5) is 0 Å². The van der Waals surface area contributed by atoms with E-state index in [4.69, 9.17) is 5.73 Å². The van der Waals surface area contributed by atoms with Crippen molar-refractivity contribution < 1.29 is 0 Å². The molecule has 58 valence electrons. The summed E-state index contributed by atoms with van der Waals surface area (Å²) in [5, 5.41) is 0. The maximum atomic E-state index is 5.93. The summed E-state index contributed by atoms with van der Waals surface area (Å²) in [7, 11) is 0. The van der Waals surface area contributed by atoms with E-state index in [0.29, 0.717) is 11.5 Å². The normalized spacial score (nSPS) is 52.2. The Labute approximate surface area is 63.0 Å². The molecule has 0 aromatic rings. The molecule has 0 aliphatic heterocycles. The molecule has 0 aromatic heterocycles. The molecule has 0 amide bonds. The summed E-state index contributed by atoms with van der Waals surface area (Å²) in [6, 6.07) is 0.569. The Hall–Kier alpha value is -0.0400. The third kappa shape index (κ3) is 0.672. The zero-order valence-corrected chi connectivity index (χ0v) is 6.77. The second-order valence-corrected chi connectivity index (χ2v) is 4.04. The monoisotopic (exact) mass is 139 g/mol. The molecule has 3 atom stereocenters. The van der Waals surface area contributed by atoms with Crippen LogP contribution < -0.4 is 5.73 Å². The first-order chi connectivity index (χ1) is 4.79. The lowest BCUT2D eigenvalue weighted by Gasteiger charge is -2.16. The van der Waals surface area contributed by atoms with Crippen LogP contribution in [0.1, 0.15) is 39.0 Å². The van der Waals surface area contributed by atoms with Crippen molar-refractivity contribution in [2.75, 3.05) is 0 Å². The summed E-state index contributed by atoms with van der Waals surface area (Å²) in [6.45, 7) is 2.31. The molecule has 2 saturated carbocycles. The molecule has 2 rings (SSSR count). The minimum Gasteiger partial charge on any atom is -0.327 e. The maximum Gasteiger partial charge on any atom is 0.0105 e. The first kappa shape index (κ1) is 6.66. The lowest BCUT2D eigenvalue weighted by atomic mass is 9.90. The van der Waals surface area contributed by atoms with Gasteiger partial charge in [0.1, 0.15) is 0 Å². The molecule has 10 heavy (non-hydrogen) atoms. The van der Waals surface area contributed by atoms with Crippen molar-refractivity contribution in [1.29, 1.82) is 0 Å². The van der Waals surface area contributed by atoms with Crippen molar-refractivity contribution in [2.24, 2.45) is 17.1 Å². The lowest BCUT2D eigenvalue weighted by Crippen LogP contribution is -2.17. The van der Waals surface area contributed by atoms with E-state index in [2.05, 4.69) is 6.92 Å². The maximum absolute atomic E-state index is 5.93. The van der Waals surface area contributed by atoms with Crippen LogP contribution in [-0.2, 0) is 0 Å². The van der Waals surface area contributed by atoms with Gasteiger partial charge in [-0.15, -0.1) is 0 Å². The zero-order valence-electron chi connectivity index (χ0n) is 6.77. The van der Waals surface area contributed by atoms with Crippen molar-refractivity contribution in [3.05, 3.63) is 0 Å². The third-order valence-electron chi connectivity index (χ3n) is 3.68. The average molecular weight is 139 g/mol. The highest BCUT2D eigenvalue weighted by Crippen LogP contribution is 2.61. The van der Waals surface area contributed by atoms with E-state index in [9.17, 15) is 0 Å². The van der Waals surface area contributed by atoms with E-state index < -0.39 is 0 Å². The van der Waals surface area contributed by atoms with Crippen molar-refractivity contribution in [1.82, 2.24) is 0 Å². The fraction of sp³-hybridized carbons (Fsp3) is 1.00. The van der Waals surface area contributed by atoms with Crippen LogP contribution in [0, 0.1) is 11.3 Å². The molecule has 1 nitrogen and oxygen atoms in total. The molecule has 0 radical (unpaired) electrons. The van der Waals surface area contributed by atoms with Crippen LogP contribution in [-0.4, -0.2) is 6.04 Å². The SMILES string of the molecule is CCC1CCCC12CC2N. The van der Waals surface area contributed by atoms with Crippen molar-refractivity contribution in [3.63, 3.8) is 0 Å². The van der Waals surface area contributed by atoms with Crippen LogP contribution >= 0.6 is 0 Å². The Bertz CT molecular complexity index is 144. The van der Waals surface area contributed by atoms with Gasteiger partial charge in [-0.05, 0) is 30.6 Å². The summed E-state index contributed by atoms with van der Waals surface area (Å²) in [5.74, 6) is 0.975. The molecule has 0 aromatic carbocycles. The van der Waals surface area contributed by atoms with Gasteiger partial charge in [0.2, 0.25) is 0 Å². The van der Waals surface area contributed by atoms with E-state index in [1.807, 2.05) is 0 Å². The number of nitrogens with two attached hydrogens (primary N) is 1. The Kier molecular flexibility index (Phi) is 1.31. The fourth-order valence-electron chi connectivity index (χ4n) is 2.89. The summed E-state index contributed by atoms with van der Waals surface area (Å²) in [5.41, 5.74) is 6.58. The van der Waals surface area contributed by atoms with Gasteiger partial charge in [-0.2, -0.15) is 0 Å². The van der Waals surface area contributed by atoms with Gasteiger partial charge in [0.15, 0.2) is 0 Å². The molecule has 2 fully saturated rings.